The number of carbonyl (C=O) groups is 1. The van der Waals surface area contributed by atoms with Crippen molar-refractivity contribution in [3.8, 4) is 5.75 Å². The number of rotatable bonds is 4. The van der Waals surface area contributed by atoms with Gasteiger partial charge in [-0.05, 0) is 54.7 Å². The molecule has 1 aliphatic rings. The van der Waals surface area contributed by atoms with Crippen LogP contribution in [0.25, 0.3) is 0 Å². The predicted molar refractivity (Wildman–Crippen MR) is 93.2 cm³/mol. The van der Waals surface area contributed by atoms with Crippen LogP contribution in [0, 0.1) is 11.6 Å². The molecule has 3 N–H and O–H groups in total. The van der Waals surface area contributed by atoms with Gasteiger partial charge < -0.3 is 20.5 Å². The second-order valence-electron chi connectivity index (χ2n) is 6.31. The van der Waals surface area contributed by atoms with E-state index < -0.39 is 29.0 Å². The maximum atomic E-state index is 13.6. The Morgan fingerprint density at radius 3 is 2.69 bits per heavy atom. The van der Waals surface area contributed by atoms with E-state index in [9.17, 15) is 18.7 Å². The number of benzene rings is 2. The summed E-state index contributed by atoms with van der Waals surface area (Å²) in [6, 6.07) is 7.93. The van der Waals surface area contributed by atoms with Gasteiger partial charge in [0.05, 0.1) is 13.7 Å². The molecule has 0 bridgehead atoms. The van der Waals surface area contributed by atoms with Crippen LogP contribution in [0.5, 0.6) is 5.75 Å². The van der Waals surface area contributed by atoms with Crippen molar-refractivity contribution in [2.45, 2.75) is 24.9 Å². The number of aryl methyl sites for hydroxylation is 1. The smallest absolute Gasteiger partial charge is 0.319 e. The van der Waals surface area contributed by atoms with Gasteiger partial charge in [0.2, 0.25) is 0 Å². The van der Waals surface area contributed by atoms with Crippen LogP contribution in [-0.4, -0.2) is 24.8 Å². The number of amides is 2. The minimum absolute atomic E-state index is 0.0752. The Morgan fingerprint density at radius 1 is 1.27 bits per heavy atom. The minimum Gasteiger partial charge on any atom is -0.497 e. The van der Waals surface area contributed by atoms with Crippen LogP contribution in [0.15, 0.2) is 36.4 Å². The van der Waals surface area contributed by atoms with E-state index >= 15 is 0 Å². The van der Waals surface area contributed by atoms with Crippen molar-refractivity contribution in [1.29, 1.82) is 0 Å². The van der Waals surface area contributed by atoms with Crippen LogP contribution in [0.4, 0.5) is 19.3 Å². The minimum atomic E-state index is -1.25. The number of ether oxygens (including phenoxy) is 1. The molecule has 1 atom stereocenters. The number of urea groups is 1. The Kier molecular flexibility index (Phi) is 5.08. The van der Waals surface area contributed by atoms with E-state index in [0.717, 1.165) is 36.1 Å². The number of aliphatic hydroxyl groups is 1. The van der Waals surface area contributed by atoms with Crippen molar-refractivity contribution < 1.29 is 23.4 Å². The quantitative estimate of drug-likeness (QED) is 0.781. The Morgan fingerprint density at radius 2 is 2.00 bits per heavy atom. The lowest BCUT2D eigenvalue weighted by molar-refractivity contribution is 0.0220. The van der Waals surface area contributed by atoms with Crippen LogP contribution < -0.4 is 15.4 Å². The van der Waals surface area contributed by atoms with Crippen molar-refractivity contribution in [3.05, 3.63) is 59.2 Å². The summed E-state index contributed by atoms with van der Waals surface area (Å²) < 4.78 is 32.4. The number of para-hydroxylation sites is 1. The van der Waals surface area contributed by atoms with E-state index in [-0.39, 0.29) is 6.54 Å². The second kappa shape index (κ2) is 7.29. The third-order valence-electron chi connectivity index (χ3n) is 4.59. The lowest BCUT2D eigenvalue weighted by Crippen LogP contribution is -2.44. The van der Waals surface area contributed by atoms with E-state index in [4.69, 9.17) is 4.74 Å². The molecule has 0 spiro atoms. The van der Waals surface area contributed by atoms with Gasteiger partial charge in [0.25, 0.3) is 0 Å². The molecule has 0 fully saturated rings. The monoisotopic (exact) mass is 362 g/mol. The van der Waals surface area contributed by atoms with Crippen molar-refractivity contribution >= 4 is 11.7 Å². The number of carbonyl (C=O) groups excluding carboxylic acids is 1. The topological polar surface area (TPSA) is 70.6 Å². The number of hydrogen-bond acceptors (Lipinski definition) is 3. The molecule has 0 saturated heterocycles. The first-order valence-electron chi connectivity index (χ1n) is 8.31. The summed E-state index contributed by atoms with van der Waals surface area (Å²) in [5, 5.41) is 15.6. The van der Waals surface area contributed by atoms with Crippen LogP contribution in [0.2, 0.25) is 0 Å². The molecule has 26 heavy (non-hydrogen) atoms. The van der Waals surface area contributed by atoms with E-state index in [1.54, 1.807) is 19.2 Å². The maximum Gasteiger partial charge on any atom is 0.319 e. The first-order valence-corrected chi connectivity index (χ1v) is 8.31. The van der Waals surface area contributed by atoms with Crippen LogP contribution in [-0.2, 0) is 12.0 Å². The van der Waals surface area contributed by atoms with Gasteiger partial charge in [0.1, 0.15) is 28.7 Å². The molecule has 1 unspecified atom stereocenters. The zero-order valence-electron chi connectivity index (χ0n) is 14.3. The van der Waals surface area contributed by atoms with Crippen molar-refractivity contribution in [1.82, 2.24) is 5.32 Å². The molecule has 3 rings (SSSR count). The largest absolute Gasteiger partial charge is 0.497 e. The zero-order chi connectivity index (χ0) is 18.7. The molecule has 5 nitrogen and oxygen atoms in total. The van der Waals surface area contributed by atoms with Gasteiger partial charge in [-0.25, -0.2) is 13.6 Å². The zero-order valence-corrected chi connectivity index (χ0v) is 14.3. The summed E-state index contributed by atoms with van der Waals surface area (Å²) in [6.07, 6.45) is 2.03. The fraction of sp³-hybridized carbons (Fsp3) is 0.316. The third kappa shape index (κ3) is 3.62. The van der Waals surface area contributed by atoms with Gasteiger partial charge >= 0.3 is 6.03 Å². The summed E-state index contributed by atoms with van der Waals surface area (Å²) in [5.74, 6) is -1.03. The number of hydrogen-bond donors (Lipinski definition) is 3. The molecule has 0 aliphatic heterocycles. The summed E-state index contributed by atoms with van der Waals surface area (Å²) in [7, 11) is 1.57. The molecule has 0 aromatic heterocycles. The molecule has 0 saturated carbocycles. The van der Waals surface area contributed by atoms with Crippen molar-refractivity contribution in [2.75, 3.05) is 19.0 Å². The molecule has 138 valence electrons. The number of anilines is 1. The highest BCUT2D eigenvalue weighted by atomic mass is 19.1. The van der Waals surface area contributed by atoms with E-state index in [1.807, 2.05) is 6.07 Å². The summed E-state index contributed by atoms with van der Waals surface area (Å²) in [5.41, 5.74) is -0.0847. The number of nitrogens with one attached hydrogen (secondary N) is 2. The van der Waals surface area contributed by atoms with Gasteiger partial charge in [-0.1, -0.05) is 12.1 Å². The maximum absolute atomic E-state index is 13.6. The average Bonchev–Trinajstić information content (AvgIpc) is 2.63. The highest BCUT2D eigenvalue weighted by Crippen LogP contribution is 2.36. The molecule has 7 heteroatoms. The number of fused-ring (bicyclic) bond motifs is 1. The summed E-state index contributed by atoms with van der Waals surface area (Å²) >= 11 is 0. The van der Waals surface area contributed by atoms with Crippen molar-refractivity contribution in [2.24, 2.45) is 0 Å². The van der Waals surface area contributed by atoms with Gasteiger partial charge in [-0.15, -0.1) is 0 Å². The molecule has 1 aliphatic carbocycles. The standard InChI is InChI=1S/C19H20F2N2O3/c1-26-13-7-8-14-12(10-13)4-3-9-19(14,25)11-22-18(24)23-17-15(20)5-2-6-16(17)21/h2,5-8,10,25H,3-4,9,11H2,1H3,(H2,22,23,24). The second-order valence-corrected chi connectivity index (χ2v) is 6.31. The van der Waals surface area contributed by atoms with Crippen molar-refractivity contribution in [3.63, 3.8) is 0 Å². The van der Waals surface area contributed by atoms with E-state index in [1.165, 1.54) is 6.07 Å². The molecule has 2 aromatic rings. The van der Waals surface area contributed by atoms with Gasteiger partial charge in [0.15, 0.2) is 0 Å². The summed E-state index contributed by atoms with van der Waals surface area (Å²) in [4.78, 5) is 12.0. The van der Waals surface area contributed by atoms with Crippen LogP contribution in [0.3, 0.4) is 0 Å². The fourth-order valence-corrected chi connectivity index (χ4v) is 3.25. The Hall–Kier alpha value is -2.67. The van der Waals surface area contributed by atoms with Crippen LogP contribution in [0.1, 0.15) is 24.0 Å². The lowest BCUT2D eigenvalue weighted by atomic mass is 9.79. The molecule has 2 aromatic carbocycles. The average molecular weight is 362 g/mol. The highest BCUT2D eigenvalue weighted by Gasteiger charge is 2.35. The first kappa shape index (κ1) is 18.1. The molecular weight excluding hydrogens is 342 g/mol. The molecule has 2 amide bonds. The fourth-order valence-electron chi connectivity index (χ4n) is 3.25. The van der Waals surface area contributed by atoms with E-state index in [0.29, 0.717) is 12.2 Å². The summed E-state index contributed by atoms with van der Waals surface area (Å²) in [6.45, 7) is -0.0752. The first-order chi connectivity index (χ1) is 12.4. The number of halogens is 2. The molecule has 0 radical (unpaired) electrons. The Bertz CT molecular complexity index is 808. The van der Waals surface area contributed by atoms with E-state index in [2.05, 4.69) is 10.6 Å². The highest BCUT2D eigenvalue weighted by molar-refractivity contribution is 5.89. The van der Waals surface area contributed by atoms with Crippen LogP contribution >= 0.6 is 0 Å². The lowest BCUT2D eigenvalue weighted by Gasteiger charge is -2.34. The molecule has 0 heterocycles. The Labute approximate surface area is 150 Å². The number of methoxy groups -OCH3 is 1. The third-order valence-corrected chi connectivity index (χ3v) is 4.59. The van der Waals surface area contributed by atoms with Gasteiger partial charge in [-0.3, -0.25) is 0 Å². The van der Waals surface area contributed by atoms with Gasteiger partial charge in [0, 0.05) is 0 Å². The van der Waals surface area contributed by atoms with Gasteiger partial charge in [-0.2, -0.15) is 0 Å². The SMILES string of the molecule is COc1ccc2c(c1)CCCC2(O)CNC(=O)Nc1c(F)cccc1F. The normalized spacial score (nSPS) is 18.8. The Balaban J connectivity index is 1.71. The predicted octanol–water partition coefficient (Wildman–Crippen LogP) is 3.32. The molecular formula is C19H20F2N2O3.